The summed E-state index contributed by atoms with van der Waals surface area (Å²) in [6.45, 7) is 1.67. The number of hydrogen-bond donors (Lipinski definition) is 2. The Hall–Kier alpha value is -2.15. The average Bonchev–Trinajstić information content (AvgIpc) is 2.72. The number of anilines is 2. The molecule has 5 nitrogen and oxygen atoms in total. The van der Waals surface area contributed by atoms with Gasteiger partial charge in [-0.1, -0.05) is 0 Å². The number of aromatic carboxylic acids is 1. The zero-order chi connectivity index (χ0) is 14.0. The monoisotopic (exact) mass is 282 g/mol. The normalized spacial score (nSPS) is 10.3. The highest BCUT2D eigenvalue weighted by Crippen LogP contribution is 2.31. The molecule has 0 unspecified atom stereocenters. The molecule has 0 aliphatic rings. The van der Waals surface area contributed by atoms with E-state index in [0.29, 0.717) is 21.4 Å². The van der Waals surface area contributed by atoms with Crippen molar-refractivity contribution in [1.82, 2.24) is 4.98 Å². The summed E-state index contributed by atoms with van der Waals surface area (Å²) in [6.07, 6.45) is 0. The summed E-state index contributed by atoms with van der Waals surface area (Å²) in [6, 6.07) is 4.02. The largest absolute Gasteiger partial charge is 0.494 e. The highest BCUT2D eigenvalue weighted by molar-refractivity contribution is 7.15. The first-order valence-corrected chi connectivity index (χ1v) is 6.14. The summed E-state index contributed by atoms with van der Waals surface area (Å²) in [5.74, 6) is -1.17. The Bertz CT molecular complexity index is 627. The first-order chi connectivity index (χ1) is 9.01. The summed E-state index contributed by atoms with van der Waals surface area (Å²) in [7, 11) is 1.43. The minimum atomic E-state index is -1.08. The first kappa shape index (κ1) is 13.3. The molecule has 1 aromatic heterocycles. The molecule has 0 aliphatic carbocycles. The van der Waals surface area contributed by atoms with Gasteiger partial charge in [-0.2, -0.15) is 0 Å². The van der Waals surface area contributed by atoms with Gasteiger partial charge in [-0.05, 0) is 19.1 Å². The number of rotatable bonds is 4. The Morgan fingerprint density at radius 3 is 2.84 bits per heavy atom. The number of hydrogen-bond acceptors (Lipinski definition) is 5. The van der Waals surface area contributed by atoms with Crippen molar-refractivity contribution < 1.29 is 19.0 Å². The van der Waals surface area contributed by atoms with Crippen LogP contribution in [-0.4, -0.2) is 23.2 Å². The molecule has 0 amide bonds. The lowest BCUT2D eigenvalue weighted by molar-refractivity contribution is 0.0690. The van der Waals surface area contributed by atoms with Gasteiger partial charge < -0.3 is 15.2 Å². The van der Waals surface area contributed by atoms with Gasteiger partial charge in [0.2, 0.25) is 0 Å². The van der Waals surface area contributed by atoms with Crippen molar-refractivity contribution in [2.75, 3.05) is 12.4 Å². The molecule has 1 aromatic carbocycles. The van der Waals surface area contributed by atoms with Gasteiger partial charge in [-0.25, -0.2) is 14.2 Å². The molecule has 2 aromatic rings. The fraction of sp³-hybridized carbons (Fsp3) is 0.167. The molecule has 0 saturated carbocycles. The molecule has 0 bridgehead atoms. The highest BCUT2D eigenvalue weighted by Gasteiger charge is 2.15. The van der Waals surface area contributed by atoms with Crippen LogP contribution in [0.4, 0.5) is 15.2 Å². The lowest BCUT2D eigenvalue weighted by Gasteiger charge is -2.08. The van der Waals surface area contributed by atoms with Crippen LogP contribution in [0.3, 0.4) is 0 Å². The smallest absolute Gasteiger partial charge is 0.355 e. The SMILES string of the molecule is COc1cc(F)ccc1Nc1nc(C(=O)O)c(C)s1. The fourth-order valence-corrected chi connectivity index (χ4v) is 2.35. The van der Waals surface area contributed by atoms with Gasteiger partial charge in [-0.3, -0.25) is 0 Å². The van der Waals surface area contributed by atoms with Crippen molar-refractivity contribution in [3.63, 3.8) is 0 Å². The third kappa shape index (κ3) is 2.82. The van der Waals surface area contributed by atoms with Crippen LogP contribution in [0.1, 0.15) is 15.4 Å². The van der Waals surface area contributed by atoms with Gasteiger partial charge in [0, 0.05) is 10.9 Å². The zero-order valence-corrected chi connectivity index (χ0v) is 11.0. The second kappa shape index (κ2) is 5.23. The molecule has 2 N–H and O–H groups in total. The Morgan fingerprint density at radius 1 is 1.53 bits per heavy atom. The van der Waals surface area contributed by atoms with E-state index in [0.717, 1.165) is 0 Å². The van der Waals surface area contributed by atoms with E-state index < -0.39 is 11.8 Å². The fourth-order valence-electron chi connectivity index (χ4n) is 1.53. The van der Waals surface area contributed by atoms with Gasteiger partial charge in [0.25, 0.3) is 0 Å². The molecule has 0 radical (unpaired) electrons. The molecular weight excluding hydrogens is 271 g/mol. The topological polar surface area (TPSA) is 71.5 Å². The van der Waals surface area contributed by atoms with Gasteiger partial charge in [0.1, 0.15) is 11.6 Å². The van der Waals surface area contributed by atoms with Crippen molar-refractivity contribution in [2.45, 2.75) is 6.92 Å². The number of carbonyl (C=O) groups is 1. The second-order valence-corrected chi connectivity index (χ2v) is 4.90. The number of halogens is 1. The molecule has 19 heavy (non-hydrogen) atoms. The Balaban J connectivity index is 2.31. The van der Waals surface area contributed by atoms with Crippen LogP contribution in [0, 0.1) is 12.7 Å². The predicted octanol–water partition coefficient (Wildman–Crippen LogP) is 3.04. The van der Waals surface area contributed by atoms with Crippen molar-refractivity contribution in [1.29, 1.82) is 0 Å². The third-order valence-electron chi connectivity index (χ3n) is 2.40. The molecule has 0 fully saturated rings. The predicted molar refractivity (Wildman–Crippen MR) is 70.0 cm³/mol. The van der Waals surface area contributed by atoms with E-state index in [4.69, 9.17) is 9.84 Å². The lowest BCUT2D eigenvalue weighted by Crippen LogP contribution is -1.99. The summed E-state index contributed by atoms with van der Waals surface area (Å²) in [5.41, 5.74) is 0.531. The van der Waals surface area contributed by atoms with Gasteiger partial charge in [0.15, 0.2) is 10.8 Å². The first-order valence-electron chi connectivity index (χ1n) is 5.32. The van der Waals surface area contributed by atoms with E-state index in [1.165, 1.54) is 36.6 Å². The van der Waals surface area contributed by atoms with E-state index in [1.807, 2.05) is 0 Å². The quantitative estimate of drug-likeness (QED) is 0.901. The number of nitrogens with one attached hydrogen (secondary N) is 1. The maximum absolute atomic E-state index is 13.0. The van der Waals surface area contributed by atoms with E-state index in [1.54, 1.807) is 6.92 Å². The van der Waals surface area contributed by atoms with E-state index in [-0.39, 0.29) is 5.69 Å². The number of benzene rings is 1. The molecule has 0 aliphatic heterocycles. The standard InChI is InChI=1S/C12H11FN2O3S/c1-6-10(11(16)17)15-12(19-6)14-8-4-3-7(13)5-9(8)18-2/h3-5H,1-2H3,(H,14,15)(H,16,17). The molecule has 0 atom stereocenters. The van der Waals surface area contributed by atoms with E-state index >= 15 is 0 Å². The van der Waals surface area contributed by atoms with Crippen LogP contribution in [0.25, 0.3) is 0 Å². The van der Waals surface area contributed by atoms with Gasteiger partial charge >= 0.3 is 5.97 Å². The number of aryl methyl sites for hydroxylation is 1. The maximum Gasteiger partial charge on any atom is 0.355 e. The Kier molecular flexibility index (Phi) is 3.66. The van der Waals surface area contributed by atoms with Crippen molar-refractivity contribution >= 4 is 28.1 Å². The van der Waals surface area contributed by atoms with E-state index in [2.05, 4.69) is 10.3 Å². The lowest BCUT2D eigenvalue weighted by atomic mass is 10.3. The molecule has 7 heteroatoms. The average molecular weight is 282 g/mol. The van der Waals surface area contributed by atoms with Crippen LogP contribution in [-0.2, 0) is 0 Å². The molecule has 0 saturated heterocycles. The summed E-state index contributed by atoms with van der Waals surface area (Å²) in [5, 5.41) is 12.3. The summed E-state index contributed by atoms with van der Waals surface area (Å²) in [4.78, 5) is 15.5. The van der Waals surface area contributed by atoms with Crippen LogP contribution < -0.4 is 10.1 Å². The molecule has 1 heterocycles. The zero-order valence-electron chi connectivity index (χ0n) is 10.2. The second-order valence-electron chi connectivity index (χ2n) is 3.70. The highest BCUT2D eigenvalue weighted by atomic mass is 32.1. The van der Waals surface area contributed by atoms with E-state index in [9.17, 15) is 9.18 Å². The molecule has 2 rings (SSSR count). The molecule has 0 spiro atoms. The van der Waals surface area contributed by atoms with Crippen LogP contribution >= 0.6 is 11.3 Å². The number of carboxylic acid groups (broad SMARTS) is 1. The number of ether oxygens (including phenoxy) is 1. The number of nitrogens with zero attached hydrogens (tertiary/aromatic N) is 1. The number of thiazole rings is 1. The minimum Gasteiger partial charge on any atom is -0.494 e. The molecule has 100 valence electrons. The number of carboxylic acids is 1. The number of aromatic nitrogens is 1. The number of methoxy groups -OCH3 is 1. The summed E-state index contributed by atoms with van der Waals surface area (Å²) < 4.78 is 18.1. The Labute approximate surface area is 112 Å². The summed E-state index contributed by atoms with van der Waals surface area (Å²) >= 11 is 1.21. The van der Waals surface area contributed by atoms with Gasteiger partial charge in [0.05, 0.1) is 12.8 Å². The van der Waals surface area contributed by atoms with Gasteiger partial charge in [-0.15, -0.1) is 11.3 Å². The third-order valence-corrected chi connectivity index (χ3v) is 3.29. The minimum absolute atomic E-state index is 0.00794. The van der Waals surface area contributed by atoms with Crippen molar-refractivity contribution in [3.05, 3.63) is 34.6 Å². The Morgan fingerprint density at radius 2 is 2.26 bits per heavy atom. The van der Waals surface area contributed by atoms with Crippen molar-refractivity contribution in [2.24, 2.45) is 0 Å². The molecular formula is C12H11FN2O3S. The van der Waals surface area contributed by atoms with Crippen molar-refractivity contribution in [3.8, 4) is 5.75 Å². The van der Waals surface area contributed by atoms with Crippen LogP contribution in [0.15, 0.2) is 18.2 Å². The maximum atomic E-state index is 13.0. The van der Waals surface area contributed by atoms with Crippen LogP contribution in [0.2, 0.25) is 0 Å². The van der Waals surface area contributed by atoms with Crippen LogP contribution in [0.5, 0.6) is 5.75 Å².